The Morgan fingerprint density at radius 3 is 2.26 bits per heavy atom. The molecule has 5 nitrogen and oxygen atoms in total. The average Bonchev–Trinajstić information content (AvgIpc) is 3.00. The topological polar surface area (TPSA) is 71.3 Å². The third kappa shape index (κ3) is 3.98. The molecule has 3 rings (SSSR count). The molecule has 0 aliphatic heterocycles. The van der Waals surface area contributed by atoms with Crippen LogP contribution in [-0.2, 0) is 0 Å². The molecule has 0 saturated heterocycles. The van der Waals surface area contributed by atoms with Gasteiger partial charge in [0.15, 0.2) is 0 Å². The van der Waals surface area contributed by atoms with Gasteiger partial charge in [-0.15, -0.1) is 0 Å². The third-order valence-electron chi connectivity index (χ3n) is 4.29. The average molecular weight is 360 g/mol. The summed E-state index contributed by atoms with van der Waals surface area (Å²) in [7, 11) is 0. The first-order valence-electron chi connectivity index (χ1n) is 8.52. The van der Waals surface area contributed by atoms with Gasteiger partial charge in [0.1, 0.15) is 0 Å². The van der Waals surface area contributed by atoms with E-state index < -0.39 is 5.97 Å². The van der Waals surface area contributed by atoms with E-state index in [-0.39, 0.29) is 11.5 Å². The normalized spacial score (nSPS) is 10.9. The third-order valence-corrected chi connectivity index (χ3v) is 4.29. The van der Waals surface area contributed by atoms with Crippen LogP contribution in [0.25, 0.3) is 11.8 Å². The van der Waals surface area contributed by atoms with Crippen molar-refractivity contribution in [2.24, 2.45) is 0 Å². The maximum absolute atomic E-state index is 12.5. The summed E-state index contributed by atoms with van der Waals surface area (Å²) in [5, 5.41) is 12.2. The van der Waals surface area contributed by atoms with Crippen LogP contribution in [0, 0.1) is 13.8 Å². The Morgan fingerprint density at radius 2 is 1.63 bits per heavy atom. The largest absolute Gasteiger partial charge is 0.478 e. The van der Waals surface area contributed by atoms with Gasteiger partial charge in [0.25, 0.3) is 5.91 Å². The highest BCUT2D eigenvalue weighted by Crippen LogP contribution is 2.22. The number of carbonyl (C=O) groups excluding carboxylic acids is 1. The number of aromatic carboxylic acids is 1. The molecule has 0 aliphatic carbocycles. The maximum Gasteiger partial charge on any atom is 0.337 e. The van der Waals surface area contributed by atoms with Gasteiger partial charge in [-0.25, -0.2) is 4.79 Å². The van der Waals surface area contributed by atoms with Crippen LogP contribution in [0.5, 0.6) is 0 Å². The van der Waals surface area contributed by atoms with Crippen molar-refractivity contribution in [2.75, 3.05) is 0 Å². The van der Waals surface area contributed by atoms with Crippen LogP contribution < -0.4 is 5.32 Å². The molecule has 1 aromatic heterocycles. The number of hydrogen-bond donors (Lipinski definition) is 2. The Bertz CT molecular complexity index is 998. The summed E-state index contributed by atoms with van der Waals surface area (Å²) in [5.74, 6) is -1.34. The predicted molar refractivity (Wildman–Crippen MR) is 105 cm³/mol. The molecule has 0 fully saturated rings. The van der Waals surface area contributed by atoms with E-state index in [1.165, 1.54) is 12.1 Å². The number of nitrogens with one attached hydrogen (secondary N) is 1. The molecule has 136 valence electrons. The quantitative estimate of drug-likeness (QED) is 0.716. The lowest BCUT2D eigenvalue weighted by molar-refractivity contribution is 0.0696. The minimum absolute atomic E-state index is 0.147. The van der Waals surface area contributed by atoms with Crippen LogP contribution >= 0.6 is 0 Å². The molecule has 2 aromatic carbocycles. The van der Waals surface area contributed by atoms with Gasteiger partial charge in [-0.1, -0.05) is 30.3 Å². The molecule has 0 radical (unpaired) electrons. The summed E-state index contributed by atoms with van der Waals surface area (Å²) in [6.07, 6.45) is 3.37. The molecule has 1 amide bonds. The van der Waals surface area contributed by atoms with Crippen molar-refractivity contribution in [3.63, 3.8) is 0 Å². The number of aromatic nitrogens is 1. The first kappa shape index (κ1) is 18.2. The van der Waals surface area contributed by atoms with Crippen molar-refractivity contribution in [3.05, 3.63) is 94.9 Å². The minimum atomic E-state index is -1.03. The summed E-state index contributed by atoms with van der Waals surface area (Å²) in [5.41, 5.74) is 3.78. The van der Waals surface area contributed by atoms with Crippen LogP contribution in [0.15, 0.2) is 66.9 Å². The maximum atomic E-state index is 12.5. The first-order chi connectivity index (χ1) is 13.0. The SMILES string of the molecule is Cc1ccc(C)n1-c1cc(C(=O)N/C=C/c2ccccc2)ccc1C(=O)O. The summed E-state index contributed by atoms with van der Waals surface area (Å²) >= 11 is 0. The lowest BCUT2D eigenvalue weighted by Crippen LogP contribution is -2.18. The van der Waals surface area contributed by atoms with E-state index in [2.05, 4.69) is 5.32 Å². The number of rotatable bonds is 5. The number of carboxylic acid groups (broad SMARTS) is 1. The molecule has 27 heavy (non-hydrogen) atoms. The Balaban J connectivity index is 1.90. The number of carboxylic acids is 1. The summed E-state index contributed by atoms with van der Waals surface area (Å²) in [6, 6.07) is 18.0. The van der Waals surface area contributed by atoms with Gasteiger partial charge < -0.3 is 15.0 Å². The van der Waals surface area contributed by atoms with E-state index in [1.807, 2.05) is 60.9 Å². The van der Waals surface area contributed by atoms with Gasteiger partial charge >= 0.3 is 5.97 Å². The van der Waals surface area contributed by atoms with E-state index in [0.29, 0.717) is 11.3 Å². The van der Waals surface area contributed by atoms with Gasteiger partial charge in [0.2, 0.25) is 0 Å². The number of hydrogen-bond acceptors (Lipinski definition) is 2. The second kappa shape index (κ2) is 7.74. The van der Waals surface area contributed by atoms with Gasteiger partial charge in [-0.2, -0.15) is 0 Å². The van der Waals surface area contributed by atoms with Crippen LogP contribution in [0.2, 0.25) is 0 Å². The number of amides is 1. The van der Waals surface area contributed by atoms with Crippen LogP contribution in [0.3, 0.4) is 0 Å². The zero-order chi connectivity index (χ0) is 19.4. The molecule has 5 heteroatoms. The zero-order valence-corrected chi connectivity index (χ0v) is 15.1. The molecule has 2 N–H and O–H groups in total. The summed E-state index contributed by atoms with van der Waals surface area (Å²) in [4.78, 5) is 24.1. The van der Waals surface area contributed by atoms with Gasteiger partial charge in [-0.05, 0) is 55.8 Å². The zero-order valence-electron chi connectivity index (χ0n) is 15.1. The van der Waals surface area contributed by atoms with Crippen LogP contribution in [0.1, 0.15) is 37.7 Å². The highest BCUT2D eigenvalue weighted by atomic mass is 16.4. The van der Waals surface area contributed by atoms with Crippen molar-refractivity contribution in [2.45, 2.75) is 13.8 Å². The van der Waals surface area contributed by atoms with Gasteiger partial charge in [0.05, 0.1) is 11.3 Å². The Hall–Kier alpha value is -3.60. The molecule has 0 saturated carbocycles. The number of benzene rings is 2. The predicted octanol–water partition coefficient (Wildman–Crippen LogP) is 4.19. The minimum Gasteiger partial charge on any atom is -0.478 e. The van der Waals surface area contributed by atoms with E-state index in [1.54, 1.807) is 18.3 Å². The molecular formula is C22H20N2O3. The molecule has 3 aromatic rings. The van der Waals surface area contributed by atoms with E-state index in [9.17, 15) is 14.7 Å². The Labute approximate surface area is 157 Å². The van der Waals surface area contributed by atoms with Crippen molar-refractivity contribution < 1.29 is 14.7 Å². The van der Waals surface area contributed by atoms with E-state index >= 15 is 0 Å². The number of aryl methyl sites for hydroxylation is 2. The number of carbonyl (C=O) groups is 2. The number of nitrogens with zero attached hydrogens (tertiary/aromatic N) is 1. The standard InChI is InChI=1S/C22H20N2O3/c1-15-8-9-16(2)24(15)20-14-18(10-11-19(20)22(26)27)21(25)23-13-12-17-6-4-3-5-7-17/h3-14H,1-2H3,(H,23,25)(H,26,27)/b13-12+. The molecular weight excluding hydrogens is 340 g/mol. The Kier molecular flexibility index (Phi) is 5.22. The first-order valence-corrected chi connectivity index (χ1v) is 8.52. The summed E-state index contributed by atoms with van der Waals surface area (Å²) < 4.78 is 1.83. The monoisotopic (exact) mass is 360 g/mol. The molecule has 0 aliphatic rings. The highest BCUT2D eigenvalue weighted by molar-refractivity contribution is 5.99. The van der Waals surface area contributed by atoms with Crippen LogP contribution in [-0.4, -0.2) is 21.6 Å². The van der Waals surface area contributed by atoms with Crippen molar-refractivity contribution >= 4 is 18.0 Å². The van der Waals surface area contributed by atoms with Gasteiger partial charge in [0, 0.05) is 23.2 Å². The van der Waals surface area contributed by atoms with E-state index in [0.717, 1.165) is 17.0 Å². The second-order valence-corrected chi connectivity index (χ2v) is 6.21. The smallest absolute Gasteiger partial charge is 0.337 e. The fraction of sp³-hybridized carbons (Fsp3) is 0.0909. The lowest BCUT2D eigenvalue weighted by Gasteiger charge is -2.14. The highest BCUT2D eigenvalue weighted by Gasteiger charge is 2.17. The lowest BCUT2D eigenvalue weighted by atomic mass is 10.1. The molecule has 0 bridgehead atoms. The van der Waals surface area contributed by atoms with Crippen molar-refractivity contribution in [1.29, 1.82) is 0 Å². The Morgan fingerprint density at radius 1 is 0.963 bits per heavy atom. The molecule has 1 heterocycles. The second-order valence-electron chi connectivity index (χ2n) is 6.21. The fourth-order valence-corrected chi connectivity index (χ4v) is 2.95. The van der Waals surface area contributed by atoms with E-state index in [4.69, 9.17) is 0 Å². The summed E-state index contributed by atoms with van der Waals surface area (Å²) in [6.45, 7) is 3.79. The molecule has 0 unspecified atom stereocenters. The molecule has 0 atom stereocenters. The van der Waals surface area contributed by atoms with Crippen molar-refractivity contribution in [1.82, 2.24) is 9.88 Å². The van der Waals surface area contributed by atoms with Crippen molar-refractivity contribution in [3.8, 4) is 5.69 Å². The van der Waals surface area contributed by atoms with Crippen LogP contribution in [0.4, 0.5) is 0 Å². The molecule has 0 spiro atoms. The fourth-order valence-electron chi connectivity index (χ4n) is 2.95. The van der Waals surface area contributed by atoms with Gasteiger partial charge in [-0.3, -0.25) is 4.79 Å².